The molecule has 0 saturated heterocycles. The van der Waals surface area contributed by atoms with E-state index in [1.165, 1.54) is 429 Å². The molecule has 0 fully saturated rings. The summed E-state index contributed by atoms with van der Waals surface area (Å²) >= 11 is 0. The fourth-order valence-corrected chi connectivity index (χ4v) is 26.8. The Hall–Kier alpha value is -10.1. The van der Waals surface area contributed by atoms with E-state index in [0.717, 1.165) is 0 Å². The highest BCUT2D eigenvalue weighted by molar-refractivity contribution is 6.42. The summed E-state index contributed by atoms with van der Waals surface area (Å²) in [6, 6.07) is 0. The van der Waals surface area contributed by atoms with Crippen molar-refractivity contribution >= 4 is 140 Å². The Kier molecular flexibility index (Phi) is 18.1. The Bertz CT molecular complexity index is 7570. The van der Waals surface area contributed by atoms with Crippen LogP contribution < -0.4 is 0 Å². The number of hydrogen-bond donors (Lipinski definition) is 0. The summed E-state index contributed by atoms with van der Waals surface area (Å²) in [7, 11) is 0. The van der Waals surface area contributed by atoms with Gasteiger partial charge in [0.2, 0.25) is 0 Å². The van der Waals surface area contributed by atoms with Crippen LogP contribution in [0.25, 0.3) is 185 Å². The fourth-order valence-electron chi connectivity index (χ4n) is 26.8. The van der Waals surface area contributed by atoms with Gasteiger partial charge in [0.25, 0.3) is 0 Å². The standard InChI is InChI=1S/C46H48.C44H48.C32H36/c1-17-21(5)33-22(6)18(2)26(10)38-42-30(14)36-32(16)44-40-28(12)20(4)24(8)34-23(7)19(3)27(11)39(46(34)40)43(44)31(15)35(36)29(13)41(42)37(25(17)9)45(33)38;1-17-19(3)27(11)36-34(25(17)9)35-26(10)18(2)20(4)28(12)37(35)41-32(16)43-39-30(14)22(6)24(8)33-23(7)21(5)29(13)38(44(33)39)42(43)31(15)40(36)41;1-13-14(2)18(6)27-24(12)31-29-22(10)16(4)20(8)25-19(7)15(3)21(9)28(32(25)29)30(31)23(11)26(27)17(13)5/h1-16H3;1-16H3;1-12H3. The second-order valence-corrected chi connectivity index (χ2v) is 40.2. The number of aryl methyl sites for hydroxylation is 26. The lowest BCUT2D eigenvalue weighted by Crippen LogP contribution is -2.03. The monoisotopic (exact) mass is 1600 g/mol. The molecule has 18 aromatic carbocycles. The quantitative estimate of drug-likeness (QED) is 0.133. The minimum Gasteiger partial charge on any atom is -0.0444 e. The molecule has 2 aliphatic rings. The van der Waals surface area contributed by atoms with Gasteiger partial charge < -0.3 is 0 Å². The van der Waals surface area contributed by atoms with Crippen LogP contribution >= 0.6 is 0 Å². The van der Waals surface area contributed by atoms with E-state index in [1.54, 1.807) is 0 Å². The molecule has 0 spiro atoms. The van der Waals surface area contributed by atoms with Gasteiger partial charge in [-0.3, -0.25) is 0 Å². The van der Waals surface area contributed by atoms with Crippen LogP contribution in [0.4, 0.5) is 0 Å². The van der Waals surface area contributed by atoms with Gasteiger partial charge in [0.05, 0.1) is 0 Å². The van der Waals surface area contributed by atoms with Crippen molar-refractivity contribution in [3.05, 3.63) is 245 Å². The van der Waals surface area contributed by atoms with E-state index >= 15 is 0 Å². The van der Waals surface area contributed by atoms with Gasteiger partial charge in [-0.25, -0.2) is 0 Å². The van der Waals surface area contributed by atoms with Crippen molar-refractivity contribution < 1.29 is 0 Å². The summed E-state index contributed by atoms with van der Waals surface area (Å²) in [5, 5.41) is 38.6. The molecule has 0 aromatic heterocycles. The average Bonchev–Trinajstić information content (AvgIpc) is 1.48. The molecule has 20 rings (SSSR count). The van der Waals surface area contributed by atoms with E-state index in [0.29, 0.717) is 0 Å². The highest BCUT2D eigenvalue weighted by atomic mass is 14.4. The molecule has 0 saturated carbocycles. The zero-order chi connectivity index (χ0) is 89.0. The van der Waals surface area contributed by atoms with Gasteiger partial charge in [-0.05, 0) is 734 Å². The van der Waals surface area contributed by atoms with Gasteiger partial charge in [0, 0.05) is 0 Å². The Morgan fingerprint density at radius 2 is 0.139 bits per heavy atom. The number of hydrogen-bond acceptors (Lipinski definition) is 0. The minimum absolute atomic E-state index is 1.43. The Labute approximate surface area is 729 Å². The zero-order valence-electron chi connectivity index (χ0n) is 83.0. The second-order valence-electron chi connectivity index (χ2n) is 40.2. The molecular formula is C122H132. The molecular weight excluding hydrogens is 1470 g/mol. The molecule has 0 radical (unpaired) electrons. The minimum atomic E-state index is 1.43. The molecule has 0 heteroatoms. The summed E-state index contributed by atoms with van der Waals surface area (Å²) in [5.41, 5.74) is 75.6. The molecule has 0 amide bonds. The van der Waals surface area contributed by atoms with E-state index < -0.39 is 0 Å². The third kappa shape index (κ3) is 9.52. The maximum Gasteiger partial charge on any atom is -0.00151 e. The molecule has 122 heavy (non-hydrogen) atoms. The number of fused-ring (bicyclic) bond motifs is 20. The summed E-state index contributed by atoms with van der Waals surface area (Å²) in [6.45, 7) is 104. The summed E-state index contributed by atoms with van der Waals surface area (Å²) in [6.07, 6.45) is 0. The maximum absolute atomic E-state index is 2.44. The van der Waals surface area contributed by atoms with Crippen molar-refractivity contribution in [1.29, 1.82) is 0 Å². The van der Waals surface area contributed by atoms with Crippen molar-refractivity contribution in [2.24, 2.45) is 0 Å². The predicted molar refractivity (Wildman–Crippen MR) is 547 cm³/mol. The highest BCUT2D eigenvalue weighted by Gasteiger charge is 2.39. The van der Waals surface area contributed by atoms with Crippen LogP contribution in [-0.2, 0) is 0 Å². The smallest absolute Gasteiger partial charge is 0.00151 e. The molecule has 620 valence electrons. The first kappa shape index (κ1) is 82.8. The fraction of sp³-hybridized carbons (Fsp3) is 0.361. The van der Waals surface area contributed by atoms with Crippen molar-refractivity contribution in [1.82, 2.24) is 0 Å². The van der Waals surface area contributed by atoms with Gasteiger partial charge in [-0.1, -0.05) is 0 Å². The first-order chi connectivity index (χ1) is 57.1. The maximum atomic E-state index is 2.44. The number of benzene rings is 16. The van der Waals surface area contributed by atoms with E-state index in [4.69, 9.17) is 0 Å². The van der Waals surface area contributed by atoms with Crippen molar-refractivity contribution in [2.75, 3.05) is 0 Å². The summed E-state index contributed by atoms with van der Waals surface area (Å²) in [4.78, 5) is 0. The average molecular weight is 1600 g/mol. The molecule has 0 nitrogen and oxygen atoms in total. The summed E-state index contributed by atoms with van der Waals surface area (Å²) in [5.74, 6) is 0. The first-order valence-electron chi connectivity index (χ1n) is 45.8. The Morgan fingerprint density at radius 1 is 0.0492 bits per heavy atom. The molecule has 0 N–H and O–H groups in total. The van der Waals surface area contributed by atoms with Crippen LogP contribution in [0.1, 0.15) is 245 Å². The van der Waals surface area contributed by atoms with E-state index in [-0.39, 0.29) is 0 Å². The third-order valence-electron chi connectivity index (χ3n) is 36.3. The summed E-state index contributed by atoms with van der Waals surface area (Å²) < 4.78 is 0. The van der Waals surface area contributed by atoms with Gasteiger partial charge >= 0.3 is 0 Å². The van der Waals surface area contributed by atoms with Crippen LogP contribution in [0.2, 0.25) is 0 Å². The molecule has 18 aromatic rings. The van der Waals surface area contributed by atoms with Crippen LogP contribution in [0.3, 0.4) is 0 Å². The van der Waals surface area contributed by atoms with Crippen LogP contribution in [0.5, 0.6) is 0 Å². The Morgan fingerprint density at radius 3 is 0.311 bits per heavy atom. The molecule has 0 atom stereocenters. The van der Waals surface area contributed by atoms with Crippen molar-refractivity contribution in [3.8, 4) is 44.5 Å². The van der Waals surface area contributed by atoms with Crippen molar-refractivity contribution in [2.45, 2.75) is 305 Å². The Balaban J connectivity index is 0.000000127. The normalized spacial score (nSPS) is 12.6. The lowest BCUT2D eigenvalue weighted by molar-refractivity contribution is 1.24. The van der Waals surface area contributed by atoms with E-state index in [2.05, 4.69) is 305 Å². The van der Waals surface area contributed by atoms with Crippen LogP contribution in [0.15, 0.2) is 0 Å². The molecule has 0 unspecified atom stereocenters. The SMILES string of the molecule is Cc1c(C)c(C)c2c(C)c3c(c(C)c2c1C)-c1c(C)c(C)c(C)c2c(C)c(C)c(C)c-3c12.Cc1c(C)c2c(C)c(C)c(C)c3c4c(C)c5c(C)c6c(c(C)c5c(C)c4c(c1C)c23)c1c(C)c(C)c(C)c2c(C)c(C)c(C)c6c21.Cc1c(C)c2c3c(c(C)c(C)c(C)c3c1C)-c1c-2c(C)c2c3c(C)c(C)c(C)c(C)c3c3c(C)c(C)c(C)c(C)c3c2c1C. The zero-order valence-corrected chi connectivity index (χ0v) is 83.0. The third-order valence-corrected chi connectivity index (χ3v) is 36.3. The topological polar surface area (TPSA) is 0 Å². The lowest BCUT2D eigenvalue weighted by atomic mass is 9.77. The largest absolute Gasteiger partial charge is 0.0444 e. The molecule has 2 aliphatic carbocycles. The van der Waals surface area contributed by atoms with Gasteiger partial charge in [-0.15, -0.1) is 0 Å². The van der Waals surface area contributed by atoms with Gasteiger partial charge in [0.15, 0.2) is 0 Å². The lowest BCUT2D eigenvalue weighted by Gasteiger charge is -2.27. The van der Waals surface area contributed by atoms with E-state index in [1.807, 2.05) is 0 Å². The first-order valence-corrected chi connectivity index (χ1v) is 45.8. The van der Waals surface area contributed by atoms with Crippen LogP contribution in [0, 0.1) is 305 Å². The highest BCUT2D eigenvalue weighted by Crippen LogP contribution is 2.63. The second kappa shape index (κ2) is 26.7. The van der Waals surface area contributed by atoms with Gasteiger partial charge in [-0.2, -0.15) is 0 Å². The number of rotatable bonds is 0. The van der Waals surface area contributed by atoms with Crippen LogP contribution in [-0.4, -0.2) is 0 Å². The van der Waals surface area contributed by atoms with E-state index in [9.17, 15) is 0 Å². The van der Waals surface area contributed by atoms with Gasteiger partial charge in [0.1, 0.15) is 0 Å². The van der Waals surface area contributed by atoms with Crippen molar-refractivity contribution in [3.63, 3.8) is 0 Å². The molecule has 0 aliphatic heterocycles. The predicted octanol–water partition coefficient (Wildman–Crippen LogP) is 35.8. The molecule has 0 heterocycles. The molecule has 0 bridgehead atoms.